The van der Waals surface area contributed by atoms with Gasteiger partial charge in [0.1, 0.15) is 5.82 Å². The van der Waals surface area contributed by atoms with E-state index >= 15 is 0 Å². The van der Waals surface area contributed by atoms with E-state index in [1.807, 2.05) is 4.57 Å². The van der Waals surface area contributed by atoms with Crippen LogP contribution in [-0.4, -0.2) is 23.1 Å². The van der Waals surface area contributed by atoms with Crippen molar-refractivity contribution in [3.63, 3.8) is 0 Å². The van der Waals surface area contributed by atoms with E-state index in [-0.39, 0.29) is 5.56 Å². The van der Waals surface area contributed by atoms with Gasteiger partial charge in [-0.3, -0.25) is 4.79 Å². The van der Waals surface area contributed by atoms with Crippen LogP contribution in [0.2, 0.25) is 0 Å². The third kappa shape index (κ3) is 4.03. The number of ether oxygens (including phenoxy) is 1. The number of rotatable bonds is 5. The predicted molar refractivity (Wildman–Crippen MR) is 102 cm³/mol. The van der Waals surface area contributed by atoms with Crippen molar-refractivity contribution in [1.29, 1.82) is 0 Å². The standard InChI is InChI=1S/C20H17FN2O3S/c1-3-10-23-16-9-8-14(19(25)26-4-2)12-17(16)27-20(23)22-18(24)13-6-5-7-15(21)11-13/h3,5-9,11-12H,1,4,10H2,2H3. The topological polar surface area (TPSA) is 60.7 Å². The molecule has 138 valence electrons. The molecule has 1 amide bonds. The molecular formula is C20H17FN2O3S. The van der Waals surface area contributed by atoms with Crippen molar-refractivity contribution in [2.75, 3.05) is 6.61 Å². The van der Waals surface area contributed by atoms with Crippen LogP contribution in [-0.2, 0) is 11.3 Å². The van der Waals surface area contributed by atoms with Crippen LogP contribution in [0.1, 0.15) is 27.6 Å². The van der Waals surface area contributed by atoms with Gasteiger partial charge in [0, 0.05) is 12.1 Å². The molecule has 0 bridgehead atoms. The number of amides is 1. The lowest BCUT2D eigenvalue weighted by atomic mass is 10.2. The highest BCUT2D eigenvalue weighted by Crippen LogP contribution is 2.20. The Bertz CT molecular complexity index is 1100. The Morgan fingerprint density at radius 2 is 2.07 bits per heavy atom. The molecule has 0 aliphatic rings. The maximum absolute atomic E-state index is 13.4. The van der Waals surface area contributed by atoms with Gasteiger partial charge < -0.3 is 9.30 Å². The minimum atomic E-state index is -0.538. The Labute approximate surface area is 159 Å². The Balaban J connectivity index is 2.10. The molecule has 1 heterocycles. The van der Waals surface area contributed by atoms with Crippen molar-refractivity contribution in [3.05, 3.63) is 76.9 Å². The van der Waals surface area contributed by atoms with Crippen LogP contribution in [0, 0.1) is 5.82 Å². The molecule has 0 aliphatic carbocycles. The number of halogens is 1. The summed E-state index contributed by atoms with van der Waals surface area (Å²) in [7, 11) is 0. The molecule has 0 unspecified atom stereocenters. The summed E-state index contributed by atoms with van der Waals surface area (Å²) in [5.74, 6) is -1.44. The van der Waals surface area contributed by atoms with Gasteiger partial charge >= 0.3 is 5.97 Å². The zero-order valence-corrected chi connectivity index (χ0v) is 15.5. The Hall–Kier alpha value is -3.06. The van der Waals surface area contributed by atoms with E-state index in [1.165, 1.54) is 29.5 Å². The molecule has 0 radical (unpaired) electrons. The van der Waals surface area contributed by atoms with Crippen LogP contribution in [0.3, 0.4) is 0 Å². The van der Waals surface area contributed by atoms with Gasteiger partial charge in [-0.05, 0) is 43.3 Å². The fourth-order valence-electron chi connectivity index (χ4n) is 2.58. The first-order chi connectivity index (χ1) is 13.0. The van der Waals surface area contributed by atoms with Gasteiger partial charge in [0.05, 0.1) is 22.4 Å². The van der Waals surface area contributed by atoms with Crippen LogP contribution in [0.4, 0.5) is 4.39 Å². The van der Waals surface area contributed by atoms with Crippen LogP contribution in [0.5, 0.6) is 0 Å². The average molecular weight is 384 g/mol. The fourth-order valence-corrected chi connectivity index (χ4v) is 3.66. The Morgan fingerprint density at radius 1 is 1.26 bits per heavy atom. The summed E-state index contributed by atoms with van der Waals surface area (Å²) >= 11 is 1.27. The molecule has 0 fully saturated rings. The monoisotopic (exact) mass is 384 g/mol. The molecule has 0 spiro atoms. The van der Waals surface area contributed by atoms with Gasteiger partial charge in [-0.1, -0.05) is 23.5 Å². The molecule has 7 heteroatoms. The lowest BCUT2D eigenvalue weighted by molar-refractivity contribution is 0.0526. The average Bonchev–Trinajstić information content (AvgIpc) is 2.98. The van der Waals surface area contributed by atoms with E-state index in [2.05, 4.69) is 11.6 Å². The normalized spacial score (nSPS) is 11.6. The smallest absolute Gasteiger partial charge is 0.338 e. The van der Waals surface area contributed by atoms with E-state index in [0.29, 0.717) is 23.5 Å². The summed E-state index contributed by atoms with van der Waals surface area (Å²) < 4.78 is 21.0. The number of carbonyl (C=O) groups is 2. The first-order valence-electron chi connectivity index (χ1n) is 8.29. The van der Waals surface area contributed by atoms with Crippen LogP contribution in [0.25, 0.3) is 10.2 Å². The second kappa shape index (κ2) is 8.09. The number of thiazole rings is 1. The number of carbonyl (C=O) groups excluding carboxylic acids is 2. The number of hydrogen-bond donors (Lipinski definition) is 0. The van der Waals surface area contributed by atoms with Crippen molar-refractivity contribution in [2.45, 2.75) is 13.5 Å². The quantitative estimate of drug-likeness (QED) is 0.494. The number of esters is 1. The van der Waals surface area contributed by atoms with Crippen LogP contribution >= 0.6 is 11.3 Å². The number of aromatic nitrogens is 1. The van der Waals surface area contributed by atoms with Gasteiger partial charge in [-0.15, -0.1) is 6.58 Å². The third-order valence-corrected chi connectivity index (χ3v) is 4.82. The third-order valence-electron chi connectivity index (χ3n) is 3.77. The highest BCUT2D eigenvalue weighted by Gasteiger charge is 2.12. The lowest BCUT2D eigenvalue weighted by Gasteiger charge is -2.03. The zero-order chi connectivity index (χ0) is 19.4. The van der Waals surface area contributed by atoms with E-state index in [1.54, 1.807) is 31.2 Å². The predicted octanol–water partition coefficient (Wildman–Crippen LogP) is 3.95. The second-order valence-electron chi connectivity index (χ2n) is 5.61. The summed E-state index contributed by atoms with van der Waals surface area (Å²) in [4.78, 5) is 29.0. The van der Waals surface area contributed by atoms with Crippen LogP contribution < -0.4 is 4.80 Å². The fraction of sp³-hybridized carbons (Fsp3) is 0.150. The van der Waals surface area contributed by atoms with E-state index < -0.39 is 17.7 Å². The van der Waals surface area contributed by atoms with Crippen molar-refractivity contribution in [2.24, 2.45) is 4.99 Å². The molecular weight excluding hydrogens is 367 g/mol. The summed E-state index contributed by atoms with van der Waals surface area (Å²) in [5.41, 5.74) is 1.42. The Morgan fingerprint density at radius 3 is 2.78 bits per heavy atom. The van der Waals surface area contributed by atoms with Crippen molar-refractivity contribution >= 4 is 33.4 Å². The molecule has 3 rings (SSSR count). The largest absolute Gasteiger partial charge is 0.462 e. The summed E-state index contributed by atoms with van der Waals surface area (Å²) in [6.07, 6.45) is 1.69. The minimum Gasteiger partial charge on any atom is -0.462 e. The molecule has 27 heavy (non-hydrogen) atoms. The number of allylic oxidation sites excluding steroid dienone is 1. The molecule has 0 atom stereocenters. The van der Waals surface area contributed by atoms with E-state index in [4.69, 9.17) is 4.74 Å². The van der Waals surface area contributed by atoms with Crippen molar-refractivity contribution in [1.82, 2.24) is 4.57 Å². The van der Waals surface area contributed by atoms with E-state index in [9.17, 15) is 14.0 Å². The highest BCUT2D eigenvalue weighted by molar-refractivity contribution is 7.16. The highest BCUT2D eigenvalue weighted by atomic mass is 32.1. The molecule has 2 aromatic carbocycles. The maximum atomic E-state index is 13.4. The molecule has 0 aliphatic heterocycles. The van der Waals surface area contributed by atoms with Crippen molar-refractivity contribution in [3.8, 4) is 0 Å². The molecule has 0 saturated carbocycles. The number of fused-ring (bicyclic) bond motifs is 1. The van der Waals surface area contributed by atoms with Gasteiger partial charge in [0.25, 0.3) is 5.91 Å². The molecule has 0 N–H and O–H groups in total. The van der Waals surface area contributed by atoms with Gasteiger partial charge in [-0.2, -0.15) is 4.99 Å². The minimum absolute atomic E-state index is 0.171. The van der Waals surface area contributed by atoms with E-state index in [0.717, 1.165) is 16.3 Å². The Kier molecular flexibility index (Phi) is 5.61. The number of hydrogen-bond acceptors (Lipinski definition) is 4. The maximum Gasteiger partial charge on any atom is 0.338 e. The summed E-state index contributed by atoms with van der Waals surface area (Å²) in [6.45, 7) is 6.21. The molecule has 1 aromatic heterocycles. The van der Waals surface area contributed by atoms with Crippen molar-refractivity contribution < 1.29 is 18.7 Å². The molecule has 5 nitrogen and oxygen atoms in total. The van der Waals surface area contributed by atoms with Gasteiger partial charge in [-0.25, -0.2) is 9.18 Å². The lowest BCUT2D eigenvalue weighted by Crippen LogP contribution is -2.16. The second-order valence-corrected chi connectivity index (χ2v) is 6.62. The summed E-state index contributed by atoms with van der Waals surface area (Å²) in [5, 5.41) is 0. The zero-order valence-electron chi connectivity index (χ0n) is 14.6. The number of nitrogens with zero attached hydrogens (tertiary/aromatic N) is 2. The molecule has 3 aromatic rings. The SMILES string of the molecule is C=CCn1c(=NC(=O)c2cccc(F)c2)sc2cc(C(=O)OCC)ccc21. The van der Waals surface area contributed by atoms with Crippen LogP contribution in [0.15, 0.2) is 60.1 Å². The first kappa shape index (κ1) is 18.7. The molecule has 0 saturated heterocycles. The summed E-state index contributed by atoms with van der Waals surface area (Å²) in [6, 6.07) is 10.6. The van der Waals surface area contributed by atoms with Gasteiger partial charge in [0.2, 0.25) is 0 Å². The number of benzene rings is 2. The first-order valence-corrected chi connectivity index (χ1v) is 9.11. The van der Waals surface area contributed by atoms with Gasteiger partial charge in [0.15, 0.2) is 4.80 Å².